The van der Waals surface area contributed by atoms with Gasteiger partial charge in [0.2, 0.25) is 3.79 Å². The van der Waals surface area contributed by atoms with Crippen LogP contribution in [0.15, 0.2) is 63.8 Å². The van der Waals surface area contributed by atoms with E-state index in [-0.39, 0.29) is 12.1 Å². The zero-order valence-electron chi connectivity index (χ0n) is 14.2. The Bertz CT molecular complexity index is 1060. The van der Waals surface area contributed by atoms with E-state index in [1.165, 1.54) is 6.07 Å². The van der Waals surface area contributed by atoms with Crippen molar-refractivity contribution in [1.82, 2.24) is 10.6 Å². The van der Waals surface area contributed by atoms with E-state index in [1.54, 1.807) is 42.5 Å². The number of nitrogens with one attached hydrogen (secondary N) is 2. The lowest BCUT2D eigenvalue weighted by atomic mass is 10.2. The summed E-state index contributed by atoms with van der Waals surface area (Å²) < 4.78 is 3.29. The van der Waals surface area contributed by atoms with Crippen LogP contribution in [0.2, 0.25) is 5.02 Å². The zero-order valence-corrected chi connectivity index (χ0v) is 17.2. The molecule has 2 N–H and O–H groups in total. The van der Waals surface area contributed by atoms with Gasteiger partial charge in [0.05, 0.1) is 0 Å². The number of benzene rings is 2. The van der Waals surface area contributed by atoms with Gasteiger partial charge in [0.1, 0.15) is 17.3 Å². The third-order valence-electron chi connectivity index (χ3n) is 3.94. The first-order chi connectivity index (χ1) is 13.3. The number of amides is 1. The van der Waals surface area contributed by atoms with Crippen LogP contribution in [-0.2, 0) is 6.54 Å². The highest BCUT2D eigenvalue weighted by Gasteiger charge is 2.34. The van der Waals surface area contributed by atoms with E-state index in [0.717, 1.165) is 5.56 Å². The largest absolute Gasteiger partial charge is 0.422 e. The van der Waals surface area contributed by atoms with Gasteiger partial charge in [0, 0.05) is 17.0 Å². The van der Waals surface area contributed by atoms with E-state index in [2.05, 4.69) is 10.6 Å². The lowest BCUT2D eigenvalue weighted by molar-refractivity contribution is 0.0925. The first-order valence-electron chi connectivity index (χ1n) is 8.13. The van der Waals surface area contributed by atoms with Crippen LogP contribution < -0.4 is 16.3 Å². The Hall–Kier alpha value is -1.76. The van der Waals surface area contributed by atoms with Crippen LogP contribution in [0.1, 0.15) is 15.9 Å². The molecule has 1 heterocycles. The van der Waals surface area contributed by atoms with Gasteiger partial charge in [-0.25, -0.2) is 4.79 Å². The lowest BCUT2D eigenvalue weighted by Crippen LogP contribution is -2.53. The highest BCUT2D eigenvalue weighted by atomic mass is 35.6. The quantitative estimate of drug-likeness (QED) is 0.330. The minimum absolute atomic E-state index is 0.197. The van der Waals surface area contributed by atoms with Gasteiger partial charge in [-0.05, 0) is 23.8 Å². The molecule has 3 aromatic rings. The number of rotatable bonds is 5. The van der Waals surface area contributed by atoms with E-state index in [9.17, 15) is 9.59 Å². The van der Waals surface area contributed by atoms with Gasteiger partial charge in [-0.2, -0.15) is 0 Å². The minimum Gasteiger partial charge on any atom is -0.422 e. The molecule has 0 fully saturated rings. The number of halogens is 4. The molecule has 0 saturated heterocycles. The third kappa shape index (κ3) is 4.99. The van der Waals surface area contributed by atoms with Gasteiger partial charge in [0.25, 0.3) is 5.91 Å². The minimum atomic E-state index is -1.88. The van der Waals surface area contributed by atoms with Crippen molar-refractivity contribution < 1.29 is 9.21 Å². The van der Waals surface area contributed by atoms with E-state index < -0.39 is 21.5 Å². The standard InChI is InChI=1S/C19H14Cl4N2O3/c20-14-7-3-1-6-12(14)10-24-18(19(21,22)23)25-16(26)13-9-11-5-2-4-8-15(11)28-17(13)27/h1-9,18,24H,10H2,(H,25,26). The fraction of sp³-hybridized carbons (Fsp3) is 0.158. The fourth-order valence-electron chi connectivity index (χ4n) is 2.53. The fourth-order valence-corrected chi connectivity index (χ4v) is 3.13. The van der Waals surface area contributed by atoms with Gasteiger partial charge < -0.3 is 9.73 Å². The first kappa shape index (κ1) is 21.0. The monoisotopic (exact) mass is 458 g/mol. The van der Waals surface area contributed by atoms with Crippen LogP contribution in [0.4, 0.5) is 0 Å². The average molecular weight is 460 g/mol. The van der Waals surface area contributed by atoms with Crippen molar-refractivity contribution in [3.63, 3.8) is 0 Å². The van der Waals surface area contributed by atoms with Gasteiger partial charge >= 0.3 is 5.63 Å². The maximum Gasteiger partial charge on any atom is 0.349 e. The van der Waals surface area contributed by atoms with Crippen molar-refractivity contribution in [2.24, 2.45) is 0 Å². The summed E-state index contributed by atoms with van der Waals surface area (Å²) >= 11 is 24.1. The summed E-state index contributed by atoms with van der Waals surface area (Å²) in [4.78, 5) is 24.8. The normalized spacial score (nSPS) is 12.7. The van der Waals surface area contributed by atoms with Gasteiger partial charge in [-0.3, -0.25) is 10.1 Å². The lowest BCUT2D eigenvalue weighted by Gasteiger charge is -2.26. The Morgan fingerprint density at radius 3 is 2.46 bits per heavy atom. The highest BCUT2D eigenvalue weighted by molar-refractivity contribution is 6.68. The van der Waals surface area contributed by atoms with Crippen molar-refractivity contribution >= 4 is 63.3 Å². The van der Waals surface area contributed by atoms with Crippen molar-refractivity contribution in [3.8, 4) is 0 Å². The molecule has 1 amide bonds. The molecule has 0 aliphatic rings. The molecule has 0 aliphatic heterocycles. The number of carbonyl (C=O) groups excluding carboxylic acids is 1. The summed E-state index contributed by atoms with van der Waals surface area (Å²) in [5.41, 5.74) is 0.143. The molecule has 0 aliphatic carbocycles. The number of para-hydroxylation sites is 1. The summed E-state index contributed by atoms with van der Waals surface area (Å²) in [5.74, 6) is -0.734. The topological polar surface area (TPSA) is 71.3 Å². The maximum atomic E-state index is 12.6. The summed E-state index contributed by atoms with van der Waals surface area (Å²) in [7, 11) is 0. The number of alkyl halides is 3. The summed E-state index contributed by atoms with van der Waals surface area (Å²) in [6.07, 6.45) is -1.09. The molecule has 146 valence electrons. The number of carbonyl (C=O) groups is 1. The SMILES string of the molecule is O=C(NC(NCc1ccccc1Cl)C(Cl)(Cl)Cl)c1cc2ccccc2oc1=O. The Balaban J connectivity index is 1.81. The predicted octanol–water partition coefficient (Wildman–Crippen LogP) is 4.66. The van der Waals surface area contributed by atoms with E-state index in [0.29, 0.717) is 16.0 Å². The zero-order chi connectivity index (χ0) is 20.3. The molecule has 1 atom stereocenters. The molecule has 3 rings (SSSR count). The highest BCUT2D eigenvalue weighted by Crippen LogP contribution is 2.29. The number of hydrogen-bond donors (Lipinski definition) is 2. The molecule has 5 nitrogen and oxygen atoms in total. The molecule has 9 heteroatoms. The summed E-state index contributed by atoms with van der Waals surface area (Å²) in [6.45, 7) is 0.227. The van der Waals surface area contributed by atoms with Gasteiger partial charge in [0.15, 0.2) is 0 Å². The summed E-state index contributed by atoms with van der Waals surface area (Å²) in [6, 6.07) is 15.4. The Morgan fingerprint density at radius 2 is 1.75 bits per heavy atom. The molecule has 1 unspecified atom stereocenters. The maximum absolute atomic E-state index is 12.6. The molecular weight excluding hydrogens is 446 g/mol. The van der Waals surface area contributed by atoms with Crippen LogP contribution in [0.3, 0.4) is 0 Å². The molecular formula is C19H14Cl4N2O3. The molecule has 0 spiro atoms. The summed E-state index contributed by atoms with van der Waals surface area (Å²) in [5, 5.41) is 6.57. The van der Waals surface area contributed by atoms with Gasteiger partial charge in [-0.15, -0.1) is 0 Å². The molecule has 1 aromatic heterocycles. The molecule has 0 bridgehead atoms. The number of hydrogen-bond acceptors (Lipinski definition) is 4. The Morgan fingerprint density at radius 1 is 1.07 bits per heavy atom. The van der Waals surface area contributed by atoms with Crippen LogP contribution in [0, 0.1) is 0 Å². The van der Waals surface area contributed by atoms with E-state index >= 15 is 0 Å². The van der Waals surface area contributed by atoms with Crippen LogP contribution in [0.5, 0.6) is 0 Å². The van der Waals surface area contributed by atoms with Crippen molar-refractivity contribution in [3.05, 3.63) is 81.2 Å². The molecule has 28 heavy (non-hydrogen) atoms. The molecule has 0 radical (unpaired) electrons. The van der Waals surface area contributed by atoms with Crippen molar-refractivity contribution in [2.45, 2.75) is 16.5 Å². The second kappa shape index (κ2) is 8.72. The van der Waals surface area contributed by atoms with Gasteiger partial charge in [-0.1, -0.05) is 82.8 Å². The third-order valence-corrected chi connectivity index (χ3v) is 4.97. The smallest absolute Gasteiger partial charge is 0.349 e. The molecule has 0 saturated carbocycles. The second-order valence-electron chi connectivity index (χ2n) is 5.91. The van der Waals surface area contributed by atoms with Crippen molar-refractivity contribution in [2.75, 3.05) is 0 Å². The predicted molar refractivity (Wildman–Crippen MR) is 112 cm³/mol. The number of fused-ring (bicyclic) bond motifs is 1. The Kier molecular flexibility index (Phi) is 6.53. The second-order valence-corrected chi connectivity index (χ2v) is 8.68. The van der Waals surface area contributed by atoms with Crippen LogP contribution in [0.25, 0.3) is 11.0 Å². The van der Waals surface area contributed by atoms with Crippen LogP contribution in [-0.4, -0.2) is 15.9 Å². The average Bonchev–Trinajstić information content (AvgIpc) is 2.64. The first-order valence-corrected chi connectivity index (χ1v) is 9.64. The van der Waals surface area contributed by atoms with Crippen molar-refractivity contribution in [1.29, 1.82) is 0 Å². The van der Waals surface area contributed by atoms with E-state index in [4.69, 9.17) is 50.8 Å². The molecule has 2 aromatic carbocycles. The van der Waals surface area contributed by atoms with E-state index in [1.807, 2.05) is 6.07 Å². The van der Waals surface area contributed by atoms with Crippen LogP contribution >= 0.6 is 46.4 Å². The Labute approximate surface area is 180 Å².